The van der Waals surface area contributed by atoms with Crippen LogP contribution in [0, 0.1) is 0 Å². The number of aromatic nitrogens is 1. The van der Waals surface area contributed by atoms with Crippen LogP contribution in [0.25, 0.3) is 10.8 Å². The van der Waals surface area contributed by atoms with Gasteiger partial charge in [0.2, 0.25) is 5.91 Å². The largest absolute Gasteiger partial charge is 0.379 e. The van der Waals surface area contributed by atoms with E-state index >= 15 is 0 Å². The molecule has 4 N–H and O–H groups in total. The number of morpholine rings is 2. The molecule has 2 aromatic heterocycles. The molecular formula is C28H35BrN6O6. The summed E-state index contributed by atoms with van der Waals surface area (Å²) in [4.78, 5) is 60.4. The van der Waals surface area contributed by atoms with E-state index in [4.69, 9.17) is 9.47 Å². The number of carbonyl (C=O) groups is 2. The summed E-state index contributed by atoms with van der Waals surface area (Å²) in [5.74, 6) is -2.00. The van der Waals surface area contributed by atoms with Crippen LogP contribution in [0.1, 0.15) is 29.9 Å². The van der Waals surface area contributed by atoms with E-state index in [1.54, 1.807) is 18.2 Å². The lowest BCUT2D eigenvalue weighted by atomic mass is 9.75. The first-order valence-corrected chi connectivity index (χ1v) is 15.0. The topological polar surface area (TPSA) is 145 Å². The van der Waals surface area contributed by atoms with E-state index in [1.807, 2.05) is 0 Å². The molecule has 1 aromatic carbocycles. The second-order valence-electron chi connectivity index (χ2n) is 11.0. The maximum absolute atomic E-state index is 14.0. The molecule has 2 fully saturated rings. The van der Waals surface area contributed by atoms with Crippen LogP contribution in [0.5, 0.6) is 0 Å². The van der Waals surface area contributed by atoms with Crippen molar-refractivity contribution in [2.24, 2.45) is 0 Å². The van der Waals surface area contributed by atoms with Crippen molar-refractivity contribution < 1.29 is 19.1 Å². The number of rotatable bonds is 10. The summed E-state index contributed by atoms with van der Waals surface area (Å²) in [7, 11) is 0. The van der Waals surface area contributed by atoms with Gasteiger partial charge in [0.15, 0.2) is 5.54 Å². The monoisotopic (exact) mass is 630 g/mol. The molecule has 3 aromatic rings. The summed E-state index contributed by atoms with van der Waals surface area (Å²) in [5, 5.41) is 10.1. The molecule has 6 heterocycles. The molecule has 220 valence electrons. The predicted octanol–water partition coefficient (Wildman–Crippen LogP) is -0.496. The second kappa shape index (κ2) is 12.0. The lowest BCUT2D eigenvalue weighted by molar-refractivity contribution is -0.133. The van der Waals surface area contributed by atoms with Crippen molar-refractivity contribution in [2.75, 3.05) is 72.2 Å². The third-order valence-electron chi connectivity index (χ3n) is 8.55. The molecule has 2 amide bonds. The third-order valence-corrected chi connectivity index (χ3v) is 9.41. The Morgan fingerprint density at radius 3 is 2.29 bits per heavy atom. The zero-order valence-electron chi connectivity index (χ0n) is 22.8. The lowest BCUT2D eigenvalue weighted by Crippen LogP contribution is -2.61. The summed E-state index contributed by atoms with van der Waals surface area (Å²) in [6.45, 7) is 8.71. The number of carbonyl (C=O) groups excluding carboxylic acids is 2. The molecule has 8 rings (SSSR count). The smallest absolute Gasteiger partial charge is 0.258 e. The maximum atomic E-state index is 14.0. The molecule has 4 bridgehead atoms. The van der Waals surface area contributed by atoms with Gasteiger partial charge in [-0.2, -0.15) is 0 Å². The standard InChI is InChI=1S/C28H35BrN6O6/c29-20-16-19-22-17-2-3-18(25(37)31-24(17)36)23(22)28(20,27(39)32-26(19)38)33-21(4-7-35-10-14-41-15-11-35)30-5-1-6-34-8-12-40-13-9-34/h2-3,16,19,21,30,33H,1,4-15H2,(H,31,36,37)(H,32,38,39). The van der Waals surface area contributed by atoms with Gasteiger partial charge < -0.3 is 14.8 Å². The van der Waals surface area contributed by atoms with Gasteiger partial charge in [-0.25, -0.2) is 0 Å². The molecular weight excluding hydrogens is 596 g/mol. The van der Waals surface area contributed by atoms with Gasteiger partial charge in [0.1, 0.15) is 0 Å². The Balaban J connectivity index is 1.34. The van der Waals surface area contributed by atoms with Crippen LogP contribution in [-0.2, 0) is 24.6 Å². The number of hydrogen-bond donors (Lipinski definition) is 4. The molecule has 41 heavy (non-hydrogen) atoms. The van der Waals surface area contributed by atoms with Gasteiger partial charge in [0, 0.05) is 53.5 Å². The molecule has 0 saturated carbocycles. The van der Waals surface area contributed by atoms with Crippen molar-refractivity contribution in [3.05, 3.63) is 54.5 Å². The molecule has 12 nitrogen and oxygen atoms in total. The van der Waals surface area contributed by atoms with Crippen LogP contribution >= 0.6 is 15.9 Å². The van der Waals surface area contributed by atoms with Gasteiger partial charge in [-0.05, 0) is 43.6 Å². The second-order valence-corrected chi connectivity index (χ2v) is 11.8. The van der Waals surface area contributed by atoms with E-state index in [1.165, 1.54) is 0 Å². The first kappa shape index (κ1) is 28.6. The number of aromatic amines is 1. The number of nitrogens with zero attached hydrogens (tertiary/aromatic N) is 2. The van der Waals surface area contributed by atoms with Crippen molar-refractivity contribution in [1.82, 2.24) is 30.7 Å². The van der Waals surface area contributed by atoms with Crippen LogP contribution in [0.4, 0.5) is 0 Å². The Morgan fingerprint density at radius 2 is 1.59 bits per heavy atom. The van der Waals surface area contributed by atoms with Crippen LogP contribution in [-0.4, -0.2) is 105 Å². The van der Waals surface area contributed by atoms with Crippen LogP contribution in [0.3, 0.4) is 0 Å². The Kier molecular flexibility index (Phi) is 8.37. The van der Waals surface area contributed by atoms with Gasteiger partial charge in [0.25, 0.3) is 17.0 Å². The number of amides is 2. The van der Waals surface area contributed by atoms with E-state index in [-0.39, 0.29) is 16.9 Å². The fourth-order valence-electron chi connectivity index (χ4n) is 6.39. The molecule has 2 saturated heterocycles. The number of hydrogen-bond acceptors (Lipinski definition) is 10. The average molecular weight is 632 g/mol. The summed E-state index contributed by atoms with van der Waals surface area (Å²) in [6.07, 6.45) is 2.86. The molecule has 3 unspecified atom stereocenters. The number of ether oxygens (including phenoxy) is 2. The normalized spacial score (nSPS) is 26.1. The summed E-state index contributed by atoms with van der Waals surface area (Å²) >= 11 is 3.62. The molecule has 0 radical (unpaired) electrons. The molecule has 0 spiro atoms. The Morgan fingerprint density at radius 1 is 0.951 bits per heavy atom. The molecule has 3 atom stereocenters. The summed E-state index contributed by atoms with van der Waals surface area (Å²) in [6, 6.07) is 3.12. The highest BCUT2D eigenvalue weighted by Crippen LogP contribution is 2.49. The Hall–Kier alpha value is -2.52. The van der Waals surface area contributed by atoms with Gasteiger partial charge in [0.05, 0.1) is 38.5 Å². The number of H-pyrrole nitrogens is 1. The van der Waals surface area contributed by atoms with E-state index in [2.05, 4.69) is 46.7 Å². The highest BCUT2D eigenvalue weighted by Gasteiger charge is 2.55. The molecule has 1 aliphatic carbocycles. The average Bonchev–Trinajstić information content (AvgIpc) is 3.27. The van der Waals surface area contributed by atoms with Crippen molar-refractivity contribution in [3.8, 4) is 0 Å². The Bertz CT molecular complexity index is 1450. The van der Waals surface area contributed by atoms with Gasteiger partial charge in [-0.1, -0.05) is 22.0 Å². The first-order chi connectivity index (χ1) is 19.9. The molecule has 4 aliphatic heterocycles. The fourth-order valence-corrected chi connectivity index (χ4v) is 7.15. The first-order valence-electron chi connectivity index (χ1n) is 14.3. The predicted molar refractivity (Wildman–Crippen MR) is 155 cm³/mol. The number of fused-ring (bicyclic) bond motifs is 5. The highest BCUT2D eigenvalue weighted by atomic mass is 79.9. The Labute approximate surface area is 245 Å². The minimum Gasteiger partial charge on any atom is -0.379 e. The van der Waals surface area contributed by atoms with Crippen LogP contribution in [0.15, 0.2) is 32.3 Å². The SMILES string of the molecule is O=C1NC(=O)C2(NC(CCN3CCOCC3)NCCCN3CCOCC3)C(Br)=CC1c1c2c2ccc1c(=O)[nH]c2=O. The maximum Gasteiger partial charge on any atom is 0.258 e. The van der Waals surface area contributed by atoms with Crippen LogP contribution in [0.2, 0.25) is 0 Å². The fraction of sp³-hybridized carbons (Fsp3) is 0.571. The van der Waals surface area contributed by atoms with E-state index < -0.39 is 34.4 Å². The highest BCUT2D eigenvalue weighted by molar-refractivity contribution is 9.11. The lowest BCUT2D eigenvalue weighted by Gasteiger charge is -2.40. The zero-order valence-corrected chi connectivity index (χ0v) is 24.4. The number of imide groups is 1. The van der Waals surface area contributed by atoms with Crippen molar-refractivity contribution >= 4 is 38.5 Å². The zero-order chi connectivity index (χ0) is 28.6. The van der Waals surface area contributed by atoms with E-state index in [9.17, 15) is 19.2 Å². The summed E-state index contributed by atoms with van der Waals surface area (Å²) in [5.41, 5.74) is -2.01. The van der Waals surface area contributed by atoms with E-state index in [0.29, 0.717) is 41.8 Å². The minimum atomic E-state index is -1.59. The number of benzene rings is 1. The van der Waals surface area contributed by atoms with Gasteiger partial charge in [-0.15, -0.1) is 0 Å². The third kappa shape index (κ3) is 5.40. The summed E-state index contributed by atoms with van der Waals surface area (Å²) < 4.78 is 11.4. The van der Waals surface area contributed by atoms with E-state index in [0.717, 1.165) is 58.9 Å². The number of halogens is 1. The quantitative estimate of drug-likeness (QED) is 0.154. The molecule has 5 aliphatic rings. The van der Waals surface area contributed by atoms with Gasteiger partial charge in [-0.3, -0.25) is 44.6 Å². The minimum absolute atomic E-state index is 0.196. The van der Waals surface area contributed by atoms with Crippen molar-refractivity contribution in [3.63, 3.8) is 0 Å². The molecule has 13 heteroatoms. The van der Waals surface area contributed by atoms with Crippen molar-refractivity contribution in [2.45, 2.75) is 30.5 Å². The number of nitrogens with one attached hydrogen (secondary N) is 4. The van der Waals surface area contributed by atoms with Crippen molar-refractivity contribution in [1.29, 1.82) is 0 Å². The van der Waals surface area contributed by atoms with Crippen LogP contribution < -0.4 is 27.1 Å². The van der Waals surface area contributed by atoms with Gasteiger partial charge >= 0.3 is 0 Å².